The Morgan fingerprint density at radius 3 is 2.60 bits per heavy atom. The third-order valence-electron chi connectivity index (χ3n) is 3.23. The molecule has 0 amide bonds. The number of nitrogens with two attached hydrogens (primary N) is 1. The Labute approximate surface area is 122 Å². The van der Waals surface area contributed by atoms with Crippen LogP contribution in [0.25, 0.3) is 0 Å². The summed E-state index contributed by atoms with van der Waals surface area (Å²) in [6.07, 6.45) is 0. The molecule has 1 aromatic carbocycles. The van der Waals surface area contributed by atoms with E-state index < -0.39 is 0 Å². The number of nitrogen functional groups attached to an aromatic ring is 1. The molecular weight excluding hydrogens is 278 g/mol. The van der Waals surface area contributed by atoms with Crippen molar-refractivity contribution >= 4 is 23.5 Å². The number of nitrogens with zero attached hydrogens (tertiary/aromatic N) is 4. The maximum Gasteiger partial charge on any atom is 0.246 e. The van der Waals surface area contributed by atoms with E-state index in [0.29, 0.717) is 36.7 Å². The van der Waals surface area contributed by atoms with E-state index >= 15 is 0 Å². The van der Waals surface area contributed by atoms with Crippen LogP contribution in [0.4, 0.5) is 11.9 Å². The molecule has 0 radical (unpaired) electrons. The number of rotatable bonds is 3. The summed E-state index contributed by atoms with van der Waals surface area (Å²) in [5.41, 5.74) is 7.01. The predicted molar refractivity (Wildman–Crippen MR) is 78.0 cm³/mol. The van der Waals surface area contributed by atoms with Crippen LogP contribution in [0.5, 0.6) is 0 Å². The van der Waals surface area contributed by atoms with Crippen LogP contribution in [0, 0.1) is 0 Å². The first-order valence-electron chi connectivity index (χ1n) is 6.50. The molecule has 0 unspecified atom stereocenters. The fourth-order valence-electron chi connectivity index (χ4n) is 2.12. The van der Waals surface area contributed by atoms with Crippen LogP contribution in [0.3, 0.4) is 0 Å². The van der Waals surface area contributed by atoms with Crippen LogP contribution in [-0.4, -0.2) is 41.1 Å². The lowest BCUT2D eigenvalue weighted by Crippen LogP contribution is -2.37. The van der Waals surface area contributed by atoms with Gasteiger partial charge < -0.3 is 15.4 Å². The third-order valence-corrected chi connectivity index (χ3v) is 3.48. The van der Waals surface area contributed by atoms with Crippen molar-refractivity contribution in [3.63, 3.8) is 0 Å². The molecule has 2 N–H and O–H groups in total. The van der Waals surface area contributed by atoms with Crippen molar-refractivity contribution in [2.45, 2.75) is 6.54 Å². The maximum atomic E-state index is 5.93. The van der Waals surface area contributed by atoms with Crippen molar-refractivity contribution in [3.05, 3.63) is 34.9 Å². The van der Waals surface area contributed by atoms with Crippen molar-refractivity contribution in [2.75, 3.05) is 36.9 Å². The van der Waals surface area contributed by atoms with Gasteiger partial charge >= 0.3 is 0 Å². The van der Waals surface area contributed by atoms with Crippen molar-refractivity contribution < 1.29 is 4.74 Å². The molecule has 0 aliphatic carbocycles. The zero-order valence-corrected chi connectivity index (χ0v) is 11.8. The number of aromatic nitrogens is 3. The molecule has 1 fully saturated rings. The number of halogens is 1. The fourth-order valence-corrected chi connectivity index (χ4v) is 2.24. The van der Waals surface area contributed by atoms with Gasteiger partial charge in [-0.3, -0.25) is 0 Å². The second kappa shape index (κ2) is 5.68. The highest BCUT2D eigenvalue weighted by Crippen LogP contribution is 2.15. The predicted octanol–water partition coefficient (Wildman–Crippen LogP) is 1.40. The van der Waals surface area contributed by atoms with E-state index in [4.69, 9.17) is 22.1 Å². The molecule has 0 saturated carbocycles. The van der Waals surface area contributed by atoms with Crippen molar-refractivity contribution in [1.82, 2.24) is 14.8 Å². The van der Waals surface area contributed by atoms with Gasteiger partial charge in [-0.1, -0.05) is 23.7 Å². The SMILES string of the molecule is Nc1nc(N2CCOCC2)nn1Cc1ccc(Cl)cc1. The lowest BCUT2D eigenvalue weighted by atomic mass is 10.2. The molecular formula is C13H16ClN5O. The molecule has 2 heterocycles. The molecule has 1 aliphatic heterocycles. The topological polar surface area (TPSA) is 69.2 Å². The Morgan fingerprint density at radius 1 is 1.20 bits per heavy atom. The van der Waals surface area contributed by atoms with Crippen LogP contribution in [0.15, 0.2) is 24.3 Å². The average Bonchev–Trinajstić information content (AvgIpc) is 2.84. The van der Waals surface area contributed by atoms with Crippen LogP contribution >= 0.6 is 11.6 Å². The normalized spacial score (nSPS) is 15.6. The number of morpholine rings is 1. The van der Waals surface area contributed by atoms with Gasteiger partial charge in [-0.05, 0) is 17.7 Å². The summed E-state index contributed by atoms with van der Waals surface area (Å²) in [7, 11) is 0. The molecule has 0 spiro atoms. The van der Waals surface area contributed by atoms with Gasteiger partial charge in [0.05, 0.1) is 19.8 Å². The molecule has 1 aromatic heterocycles. The summed E-state index contributed by atoms with van der Waals surface area (Å²) in [5.74, 6) is 1.08. The summed E-state index contributed by atoms with van der Waals surface area (Å²) in [6.45, 7) is 3.58. The second-order valence-corrected chi connectivity index (χ2v) is 5.09. The smallest absolute Gasteiger partial charge is 0.246 e. The van der Waals surface area contributed by atoms with Crippen molar-refractivity contribution in [2.24, 2.45) is 0 Å². The molecule has 2 aromatic rings. The van der Waals surface area contributed by atoms with E-state index in [-0.39, 0.29) is 0 Å². The highest BCUT2D eigenvalue weighted by Gasteiger charge is 2.17. The van der Waals surface area contributed by atoms with E-state index in [2.05, 4.69) is 15.0 Å². The Bertz CT molecular complexity index is 577. The van der Waals surface area contributed by atoms with Crippen molar-refractivity contribution in [1.29, 1.82) is 0 Å². The largest absolute Gasteiger partial charge is 0.378 e. The van der Waals surface area contributed by atoms with Crippen LogP contribution < -0.4 is 10.6 Å². The van der Waals surface area contributed by atoms with Gasteiger partial charge in [0.1, 0.15) is 0 Å². The third kappa shape index (κ3) is 2.86. The number of hydrogen-bond acceptors (Lipinski definition) is 5. The Hall–Kier alpha value is -1.79. The quantitative estimate of drug-likeness (QED) is 0.926. The minimum absolute atomic E-state index is 0.418. The summed E-state index contributed by atoms with van der Waals surface area (Å²) < 4.78 is 7.02. The maximum absolute atomic E-state index is 5.93. The molecule has 20 heavy (non-hydrogen) atoms. The Kier molecular flexibility index (Phi) is 3.75. The lowest BCUT2D eigenvalue weighted by Gasteiger charge is -2.25. The monoisotopic (exact) mass is 293 g/mol. The van der Waals surface area contributed by atoms with E-state index in [1.165, 1.54) is 0 Å². The van der Waals surface area contributed by atoms with Crippen molar-refractivity contribution in [3.8, 4) is 0 Å². The molecule has 3 rings (SSSR count). The molecule has 7 heteroatoms. The van der Waals surface area contributed by atoms with Crippen LogP contribution in [-0.2, 0) is 11.3 Å². The van der Waals surface area contributed by atoms with E-state index in [9.17, 15) is 0 Å². The average molecular weight is 294 g/mol. The standard InChI is InChI=1S/C13H16ClN5O/c14-11-3-1-10(2-4-11)9-19-12(15)16-13(17-19)18-5-7-20-8-6-18/h1-4H,5-9H2,(H2,15,16,17). The van der Waals surface area contributed by atoms with E-state index in [1.807, 2.05) is 24.3 Å². The van der Waals surface area contributed by atoms with Gasteiger partial charge in [0, 0.05) is 18.1 Å². The Balaban J connectivity index is 1.76. The van der Waals surface area contributed by atoms with Gasteiger partial charge in [0.25, 0.3) is 0 Å². The summed E-state index contributed by atoms with van der Waals surface area (Å²) >= 11 is 5.87. The fraction of sp³-hybridized carbons (Fsp3) is 0.385. The number of benzene rings is 1. The second-order valence-electron chi connectivity index (χ2n) is 4.65. The summed E-state index contributed by atoms with van der Waals surface area (Å²) in [4.78, 5) is 6.40. The highest BCUT2D eigenvalue weighted by molar-refractivity contribution is 6.30. The Morgan fingerprint density at radius 2 is 1.90 bits per heavy atom. The number of hydrogen-bond donors (Lipinski definition) is 1. The molecule has 0 bridgehead atoms. The molecule has 1 saturated heterocycles. The van der Waals surface area contributed by atoms with Gasteiger partial charge in [0.15, 0.2) is 0 Å². The van der Waals surface area contributed by atoms with Gasteiger partial charge in [0.2, 0.25) is 11.9 Å². The molecule has 0 atom stereocenters. The van der Waals surface area contributed by atoms with Gasteiger partial charge in [-0.2, -0.15) is 4.98 Å². The highest BCUT2D eigenvalue weighted by atomic mass is 35.5. The van der Waals surface area contributed by atoms with Crippen LogP contribution in [0.2, 0.25) is 5.02 Å². The summed E-state index contributed by atoms with van der Waals surface area (Å²) in [5, 5.41) is 5.19. The summed E-state index contributed by atoms with van der Waals surface area (Å²) in [6, 6.07) is 7.62. The molecule has 6 nitrogen and oxygen atoms in total. The minimum atomic E-state index is 0.418. The first-order valence-corrected chi connectivity index (χ1v) is 6.87. The zero-order chi connectivity index (χ0) is 13.9. The number of ether oxygens (including phenoxy) is 1. The van der Waals surface area contributed by atoms with E-state index in [1.54, 1.807) is 4.68 Å². The minimum Gasteiger partial charge on any atom is -0.378 e. The zero-order valence-electron chi connectivity index (χ0n) is 11.0. The first-order chi connectivity index (χ1) is 9.72. The molecule has 106 valence electrons. The van der Waals surface area contributed by atoms with Gasteiger partial charge in [-0.15, -0.1) is 5.10 Å². The van der Waals surface area contributed by atoms with E-state index in [0.717, 1.165) is 18.7 Å². The first kappa shape index (κ1) is 13.2. The number of anilines is 2. The lowest BCUT2D eigenvalue weighted by molar-refractivity contribution is 0.122. The van der Waals surface area contributed by atoms with Gasteiger partial charge in [-0.25, -0.2) is 4.68 Å². The van der Waals surface area contributed by atoms with Crippen LogP contribution in [0.1, 0.15) is 5.56 Å². The molecule has 1 aliphatic rings.